The Morgan fingerprint density at radius 2 is 1.95 bits per heavy atom. The van der Waals surface area contributed by atoms with Crippen LogP contribution in [0, 0.1) is 0 Å². The van der Waals surface area contributed by atoms with E-state index in [0.29, 0.717) is 19.1 Å². The fourth-order valence-corrected chi connectivity index (χ4v) is 3.40. The number of hydrogen-bond acceptors (Lipinski definition) is 5. The van der Waals surface area contributed by atoms with Gasteiger partial charge in [-0.25, -0.2) is 4.98 Å². The molecule has 1 saturated carbocycles. The number of nitrogens with zero attached hydrogens (tertiary/aromatic N) is 1. The summed E-state index contributed by atoms with van der Waals surface area (Å²) in [6.45, 7) is 1.40. The second-order valence-electron chi connectivity index (χ2n) is 5.25. The van der Waals surface area contributed by atoms with Crippen LogP contribution < -0.4 is 15.2 Å². The van der Waals surface area contributed by atoms with Crippen LogP contribution in [0.15, 0.2) is 18.2 Å². The van der Waals surface area contributed by atoms with Gasteiger partial charge in [0, 0.05) is 17.9 Å². The molecule has 0 unspecified atom stereocenters. The second-order valence-corrected chi connectivity index (χ2v) is 6.31. The van der Waals surface area contributed by atoms with Crippen molar-refractivity contribution in [1.29, 1.82) is 0 Å². The number of nitrogens with two attached hydrogens (primary N) is 1. The first-order valence-corrected chi connectivity index (χ1v) is 7.79. The van der Waals surface area contributed by atoms with E-state index < -0.39 is 0 Å². The molecule has 2 aliphatic rings. The van der Waals surface area contributed by atoms with Gasteiger partial charge in [0.25, 0.3) is 0 Å². The van der Waals surface area contributed by atoms with Gasteiger partial charge >= 0.3 is 0 Å². The Morgan fingerprint density at radius 1 is 1.15 bits per heavy atom. The van der Waals surface area contributed by atoms with E-state index in [1.165, 1.54) is 17.8 Å². The largest absolute Gasteiger partial charge is 0.490 e. The van der Waals surface area contributed by atoms with E-state index in [0.717, 1.165) is 34.2 Å². The van der Waals surface area contributed by atoms with Gasteiger partial charge in [0.15, 0.2) is 11.5 Å². The SMILES string of the molecule is Nc1sc(C2CC2)nc1-c1ccc2c(c1)OCCCO2. The molecule has 0 saturated heterocycles. The number of fused-ring (bicyclic) bond motifs is 1. The molecule has 1 aromatic heterocycles. The lowest BCUT2D eigenvalue weighted by Crippen LogP contribution is -1.97. The summed E-state index contributed by atoms with van der Waals surface area (Å²) in [5, 5.41) is 1.96. The lowest BCUT2D eigenvalue weighted by Gasteiger charge is -2.08. The molecule has 4 rings (SSSR count). The van der Waals surface area contributed by atoms with Crippen molar-refractivity contribution in [2.75, 3.05) is 18.9 Å². The molecule has 0 amide bonds. The number of benzene rings is 1. The topological polar surface area (TPSA) is 57.4 Å². The maximum atomic E-state index is 6.13. The Balaban J connectivity index is 1.72. The lowest BCUT2D eigenvalue weighted by atomic mass is 10.1. The quantitative estimate of drug-likeness (QED) is 0.919. The number of thiazole rings is 1. The zero-order valence-electron chi connectivity index (χ0n) is 11.1. The van der Waals surface area contributed by atoms with Gasteiger partial charge in [-0.1, -0.05) is 0 Å². The normalized spacial score (nSPS) is 17.8. The van der Waals surface area contributed by atoms with Gasteiger partial charge in [-0.05, 0) is 31.0 Å². The standard InChI is InChI=1S/C15H16N2O2S/c16-14-13(17-15(20-14)9-2-3-9)10-4-5-11-12(8-10)19-7-1-6-18-11/h4-5,8-9H,1-3,6-7,16H2. The van der Waals surface area contributed by atoms with E-state index in [4.69, 9.17) is 20.2 Å². The summed E-state index contributed by atoms with van der Waals surface area (Å²) < 4.78 is 11.4. The van der Waals surface area contributed by atoms with Gasteiger partial charge in [0.05, 0.1) is 18.2 Å². The van der Waals surface area contributed by atoms with Crippen molar-refractivity contribution in [2.45, 2.75) is 25.2 Å². The van der Waals surface area contributed by atoms with Crippen LogP contribution in [0.5, 0.6) is 11.5 Å². The highest BCUT2D eigenvalue weighted by atomic mass is 32.1. The van der Waals surface area contributed by atoms with E-state index in [2.05, 4.69) is 0 Å². The van der Waals surface area contributed by atoms with Crippen LogP contribution in [0.25, 0.3) is 11.3 Å². The summed E-state index contributed by atoms with van der Waals surface area (Å²) >= 11 is 1.62. The number of rotatable bonds is 2. The minimum Gasteiger partial charge on any atom is -0.490 e. The number of nitrogen functional groups attached to an aromatic ring is 1. The van der Waals surface area contributed by atoms with Crippen LogP contribution >= 0.6 is 11.3 Å². The molecule has 1 aromatic carbocycles. The first-order chi connectivity index (χ1) is 9.81. The maximum absolute atomic E-state index is 6.13. The minimum absolute atomic E-state index is 0.636. The molecule has 1 aliphatic carbocycles. The Hall–Kier alpha value is -1.75. The van der Waals surface area contributed by atoms with Crippen molar-refractivity contribution in [3.63, 3.8) is 0 Å². The van der Waals surface area contributed by atoms with Gasteiger partial charge in [-0.15, -0.1) is 11.3 Å². The summed E-state index contributed by atoms with van der Waals surface area (Å²) in [6, 6.07) is 5.95. The van der Waals surface area contributed by atoms with E-state index >= 15 is 0 Å². The van der Waals surface area contributed by atoms with Crippen LogP contribution in [0.4, 0.5) is 5.00 Å². The molecule has 1 aliphatic heterocycles. The molecule has 1 fully saturated rings. The second kappa shape index (κ2) is 4.66. The number of anilines is 1. The number of aromatic nitrogens is 1. The molecule has 0 spiro atoms. The summed E-state index contributed by atoms with van der Waals surface area (Å²) in [6.07, 6.45) is 3.40. The third-order valence-corrected chi connectivity index (χ3v) is 4.66. The van der Waals surface area contributed by atoms with Crippen LogP contribution in [0.2, 0.25) is 0 Å². The van der Waals surface area contributed by atoms with Gasteiger partial charge in [-0.2, -0.15) is 0 Å². The molecule has 4 nitrogen and oxygen atoms in total. The summed E-state index contributed by atoms with van der Waals surface area (Å²) in [7, 11) is 0. The van der Waals surface area contributed by atoms with E-state index in [1.54, 1.807) is 11.3 Å². The molecule has 2 aromatic rings. The highest BCUT2D eigenvalue weighted by Crippen LogP contribution is 2.45. The first-order valence-electron chi connectivity index (χ1n) is 6.97. The van der Waals surface area contributed by atoms with Crippen molar-refractivity contribution in [2.24, 2.45) is 0 Å². The predicted octanol–water partition coefficient (Wildman–Crippen LogP) is 3.43. The molecule has 2 heterocycles. The molecule has 0 radical (unpaired) electrons. The number of ether oxygens (including phenoxy) is 2. The Labute approximate surface area is 121 Å². The van der Waals surface area contributed by atoms with Gasteiger partial charge < -0.3 is 15.2 Å². The Bertz CT molecular complexity index is 649. The van der Waals surface area contributed by atoms with Crippen molar-refractivity contribution in [3.8, 4) is 22.8 Å². The molecule has 0 atom stereocenters. The summed E-state index contributed by atoms with van der Waals surface area (Å²) in [4.78, 5) is 4.71. The van der Waals surface area contributed by atoms with Crippen molar-refractivity contribution >= 4 is 16.3 Å². The van der Waals surface area contributed by atoms with E-state index in [1.807, 2.05) is 18.2 Å². The maximum Gasteiger partial charge on any atom is 0.161 e. The summed E-state index contributed by atoms with van der Waals surface area (Å²) in [5.74, 6) is 2.24. The first kappa shape index (κ1) is 12.0. The summed E-state index contributed by atoms with van der Waals surface area (Å²) in [5.41, 5.74) is 8.02. The minimum atomic E-state index is 0.636. The molecule has 2 N–H and O–H groups in total. The zero-order valence-corrected chi connectivity index (χ0v) is 11.9. The highest BCUT2D eigenvalue weighted by molar-refractivity contribution is 7.16. The van der Waals surface area contributed by atoms with Crippen molar-refractivity contribution in [3.05, 3.63) is 23.2 Å². The highest BCUT2D eigenvalue weighted by Gasteiger charge is 2.28. The fraction of sp³-hybridized carbons (Fsp3) is 0.400. The number of hydrogen-bond donors (Lipinski definition) is 1. The average Bonchev–Trinajstić information content (AvgIpc) is 3.25. The molecular formula is C15H16N2O2S. The predicted molar refractivity (Wildman–Crippen MR) is 79.5 cm³/mol. The van der Waals surface area contributed by atoms with Gasteiger partial charge in [-0.3, -0.25) is 0 Å². The van der Waals surface area contributed by atoms with Crippen molar-refractivity contribution in [1.82, 2.24) is 4.98 Å². The van der Waals surface area contributed by atoms with Crippen LogP contribution in [0.1, 0.15) is 30.2 Å². The van der Waals surface area contributed by atoms with Gasteiger partial charge in [0.2, 0.25) is 0 Å². The monoisotopic (exact) mass is 288 g/mol. The molecular weight excluding hydrogens is 272 g/mol. The van der Waals surface area contributed by atoms with Crippen LogP contribution in [0.3, 0.4) is 0 Å². The average molecular weight is 288 g/mol. The Kier molecular flexibility index (Phi) is 2.80. The van der Waals surface area contributed by atoms with Crippen LogP contribution in [-0.4, -0.2) is 18.2 Å². The fourth-order valence-electron chi connectivity index (χ4n) is 2.37. The van der Waals surface area contributed by atoms with E-state index in [9.17, 15) is 0 Å². The van der Waals surface area contributed by atoms with E-state index in [-0.39, 0.29) is 0 Å². The van der Waals surface area contributed by atoms with Crippen molar-refractivity contribution < 1.29 is 9.47 Å². The third-order valence-electron chi connectivity index (χ3n) is 3.62. The Morgan fingerprint density at radius 3 is 2.75 bits per heavy atom. The third kappa shape index (κ3) is 2.12. The molecule has 20 heavy (non-hydrogen) atoms. The lowest BCUT2D eigenvalue weighted by molar-refractivity contribution is 0.297. The molecule has 5 heteroatoms. The van der Waals surface area contributed by atoms with Crippen LogP contribution in [-0.2, 0) is 0 Å². The smallest absolute Gasteiger partial charge is 0.161 e. The van der Waals surface area contributed by atoms with Gasteiger partial charge in [0.1, 0.15) is 10.7 Å². The molecule has 104 valence electrons. The zero-order chi connectivity index (χ0) is 13.5. The molecule has 0 bridgehead atoms.